The van der Waals surface area contributed by atoms with Gasteiger partial charge in [0.1, 0.15) is 11.2 Å². The van der Waals surface area contributed by atoms with Crippen molar-refractivity contribution in [2.75, 3.05) is 0 Å². The number of thiophene rings is 2. The van der Waals surface area contributed by atoms with Crippen LogP contribution >= 0.6 is 22.7 Å². The molecule has 3 nitrogen and oxygen atoms in total. The van der Waals surface area contributed by atoms with E-state index in [1.165, 1.54) is 51.3 Å². The van der Waals surface area contributed by atoms with Crippen molar-refractivity contribution in [3.8, 4) is 0 Å². The molecule has 4 heterocycles. The SMILES string of the molecule is CCC1C(c2cccc3oc4c5ccccc5ccc4c23)=NC(c2ccc3sc4ccccc4c3c2)=NC1c1ccc2sc3ccccc3c2c1. The van der Waals surface area contributed by atoms with Gasteiger partial charge >= 0.3 is 0 Å². The molecule has 0 amide bonds. The van der Waals surface area contributed by atoms with E-state index in [1.54, 1.807) is 0 Å². The van der Waals surface area contributed by atoms with Gasteiger partial charge in [0.15, 0.2) is 5.84 Å². The first-order valence-corrected chi connectivity index (χ1v) is 19.2. The minimum atomic E-state index is -0.107. The molecule has 51 heavy (non-hydrogen) atoms. The quantitative estimate of drug-likeness (QED) is 0.181. The Balaban J connectivity index is 1.16. The third kappa shape index (κ3) is 4.41. The number of hydrogen-bond donors (Lipinski definition) is 0. The average Bonchev–Trinajstić information content (AvgIpc) is 3.88. The smallest absolute Gasteiger partial charge is 0.155 e. The van der Waals surface area contributed by atoms with Crippen molar-refractivity contribution >= 4 is 107 Å². The first-order chi connectivity index (χ1) is 25.2. The van der Waals surface area contributed by atoms with E-state index in [0.717, 1.165) is 56.4 Å². The second-order valence-corrected chi connectivity index (χ2v) is 15.7. The normalized spacial score (nSPS) is 16.6. The summed E-state index contributed by atoms with van der Waals surface area (Å²) in [6, 6.07) is 50.4. The summed E-state index contributed by atoms with van der Waals surface area (Å²) < 4.78 is 11.9. The van der Waals surface area contributed by atoms with Gasteiger partial charge in [-0.15, -0.1) is 22.7 Å². The number of fused-ring (bicyclic) bond motifs is 11. The minimum absolute atomic E-state index is 0.0674. The maximum atomic E-state index is 6.67. The summed E-state index contributed by atoms with van der Waals surface area (Å²) in [6.45, 7) is 2.27. The molecule has 0 fully saturated rings. The third-order valence-electron chi connectivity index (χ3n) is 10.7. The van der Waals surface area contributed by atoms with Crippen LogP contribution < -0.4 is 0 Å². The fourth-order valence-electron chi connectivity index (χ4n) is 8.28. The fraction of sp³-hybridized carbons (Fsp3) is 0.0870. The first kappa shape index (κ1) is 29.1. The topological polar surface area (TPSA) is 37.9 Å². The van der Waals surface area contributed by atoms with Crippen molar-refractivity contribution < 1.29 is 4.42 Å². The fourth-order valence-corrected chi connectivity index (χ4v) is 10.5. The van der Waals surface area contributed by atoms with Gasteiger partial charge in [-0.25, -0.2) is 4.99 Å². The summed E-state index contributed by atoms with van der Waals surface area (Å²) in [6.07, 6.45) is 0.895. The molecular weight excluding hydrogens is 661 g/mol. The predicted octanol–water partition coefficient (Wildman–Crippen LogP) is 13.5. The van der Waals surface area contributed by atoms with Crippen molar-refractivity contribution in [2.24, 2.45) is 15.9 Å². The molecule has 7 aromatic carbocycles. The Morgan fingerprint density at radius 3 is 2.06 bits per heavy atom. The van der Waals surface area contributed by atoms with Crippen molar-refractivity contribution in [2.45, 2.75) is 19.4 Å². The van der Waals surface area contributed by atoms with Gasteiger partial charge in [-0.1, -0.05) is 91.9 Å². The predicted molar refractivity (Wildman–Crippen MR) is 219 cm³/mol. The van der Waals surface area contributed by atoms with E-state index in [9.17, 15) is 0 Å². The van der Waals surface area contributed by atoms with E-state index in [1.807, 2.05) is 22.7 Å². The molecule has 242 valence electrons. The van der Waals surface area contributed by atoms with Gasteiger partial charge in [0.25, 0.3) is 0 Å². The van der Waals surface area contributed by atoms with Crippen LogP contribution in [0.3, 0.4) is 0 Å². The lowest BCUT2D eigenvalue weighted by Gasteiger charge is -2.30. The van der Waals surface area contributed by atoms with Crippen LogP contribution in [0.25, 0.3) is 73.1 Å². The molecule has 0 bridgehead atoms. The molecule has 3 aromatic heterocycles. The molecule has 0 aliphatic carbocycles. The van der Waals surface area contributed by atoms with E-state index >= 15 is 0 Å². The van der Waals surface area contributed by atoms with E-state index in [4.69, 9.17) is 14.4 Å². The summed E-state index contributed by atoms with van der Waals surface area (Å²) in [5, 5.41) is 9.67. The monoisotopic (exact) mass is 690 g/mol. The first-order valence-electron chi connectivity index (χ1n) is 17.5. The molecule has 1 aliphatic heterocycles. The van der Waals surface area contributed by atoms with Crippen LogP contribution in [0.1, 0.15) is 36.1 Å². The van der Waals surface area contributed by atoms with E-state index < -0.39 is 0 Å². The number of hydrogen-bond acceptors (Lipinski definition) is 5. The lowest BCUT2D eigenvalue weighted by Crippen LogP contribution is -2.28. The number of rotatable bonds is 4. The average molecular weight is 691 g/mol. The molecule has 2 atom stereocenters. The highest BCUT2D eigenvalue weighted by atomic mass is 32.1. The van der Waals surface area contributed by atoms with Crippen molar-refractivity contribution in [3.05, 3.63) is 156 Å². The number of furan rings is 1. The van der Waals surface area contributed by atoms with Crippen molar-refractivity contribution in [3.63, 3.8) is 0 Å². The second-order valence-electron chi connectivity index (χ2n) is 13.5. The highest BCUT2D eigenvalue weighted by Gasteiger charge is 2.33. The molecular formula is C46H30N2OS2. The second kappa shape index (κ2) is 11.2. The van der Waals surface area contributed by atoms with Gasteiger partial charge < -0.3 is 4.42 Å². The number of benzene rings is 7. The van der Waals surface area contributed by atoms with Crippen molar-refractivity contribution in [1.82, 2.24) is 0 Å². The highest BCUT2D eigenvalue weighted by molar-refractivity contribution is 7.26. The van der Waals surface area contributed by atoms with Gasteiger partial charge in [0, 0.05) is 73.5 Å². The molecule has 0 spiro atoms. The van der Waals surface area contributed by atoms with Gasteiger partial charge in [0.2, 0.25) is 0 Å². The van der Waals surface area contributed by atoms with Crippen LogP contribution in [-0.4, -0.2) is 11.5 Å². The summed E-state index contributed by atoms with van der Waals surface area (Å²) in [4.78, 5) is 11.1. The van der Waals surface area contributed by atoms with Crippen LogP contribution in [0, 0.1) is 5.92 Å². The Morgan fingerprint density at radius 2 is 1.27 bits per heavy atom. The summed E-state index contributed by atoms with van der Waals surface area (Å²) in [7, 11) is 0. The summed E-state index contributed by atoms with van der Waals surface area (Å²) >= 11 is 3.69. The Morgan fingerprint density at radius 1 is 0.588 bits per heavy atom. The zero-order valence-electron chi connectivity index (χ0n) is 27.8. The molecule has 0 saturated heterocycles. The Bertz CT molecular complexity index is 3100. The standard InChI is InChI=1S/C46H30N2OS2/c1-2-29-43(27-19-22-40-35(24-27)31-12-5-7-16-38(31)50-40)47-46(28-20-23-41-36(25-28)32-13-6-8-17-39(32)51-41)48-44(29)33-14-9-15-37-42(33)34-21-18-26-10-3-4-11-30(26)45(34)49-37/h3-25,29,43H,2H2,1H3. The largest absolute Gasteiger partial charge is 0.455 e. The van der Waals surface area contributed by atoms with Gasteiger partial charge in [-0.3, -0.25) is 4.99 Å². The lowest BCUT2D eigenvalue weighted by molar-refractivity contribution is 0.533. The molecule has 10 aromatic rings. The van der Waals surface area contributed by atoms with E-state index in [0.29, 0.717) is 0 Å². The molecule has 11 rings (SSSR count). The minimum Gasteiger partial charge on any atom is -0.455 e. The number of nitrogens with zero attached hydrogens (tertiary/aromatic N) is 2. The van der Waals surface area contributed by atoms with Gasteiger partial charge in [-0.05, 0) is 72.0 Å². The van der Waals surface area contributed by atoms with Crippen LogP contribution in [0.4, 0.5) is 0 Å². The zero-order valence-corrected chi connectivity index (χ0v) is 29.4. The maximum absolute atomic E-state index is 6.67. The van der Waals surface area contributed by atoms with E-state index in [2.05, 4.69) is 146 Å². The van der Waals surface area contributed by atoms with E-state index in [-0.39, 0.29) is 12.0 Å². The van der Waals surface area contributed by atoms with Crippen LogP contribution in [0.5, 0.6) is 0 Å². The van der Waals surface area contributed by atoms with Crippen LogP contribution in [0.2, 0.25) is 0 Å². The van der Waals surface area contributed by atoms with Crippen LogP contribution in [0.15, 0.2) is 154 Å². The molecule has 2 unspecified atom stereocenters. The summed E-state index contributed by atoms with van der Waals surface area (Å²) in [5.41, 5.74) is 6.26. The highest BCUT2D eigenvalue weighted by Crippen LogP contribution is 2.43. The van der Waals surface area contributed by atoms with Gasteiger partial charge in [0.05, 0.1) is 11.8 Å². The Kier molecular flexibility index (Phi) is 6.40. The van der Waals surface area contributed by atoms with Gasteiger partial charge in [-0.2, -0.15) is 0 Å². The third-order valence-corrected chi connectivity index (χ3v) is 13.0. The molecule has 0 radical (unpaired) electrons. The summed E-state index contributed by atoms with van der Waals surface area (Å²) in [5.74, 6) is 0.847. The number of aliphatic imine (C=N–C) groups is 2. The number of amidine groups is 1. The van der Waals surface area contributed by atoms with Crippen LogP contribution in [-0.2, 0) is 0 Å². The van der Waals surface area contributed by atoms with Crippen molar-refractivity contribution in [1.29, 1.82) is 0 Å². The molecule has 0 N–H and O–H groups in total. The molecule has 5 heteroatoms. The molecule has 1 aliphatic rings. The lowest BCUT2D eigenvalue weighted by atomic mass is 9.81. The zero-order chi connectivity index (χ0) is 33.6. The Hall–Kier alpha value is -5.62. The Labute approximate surface area is 301 Å². The molecule has 0 saturated carbocycles. The maximum Gasteiger partial charge on any atom is 0.155 e.